The number of halogens is 1. The first-order chi connectivity index (χ1) is 11.0. The van der Waals surface area contributed by atoms with E-state index in [-0.39, 0.29) is 11.5 Å². The fourth-order valence-corrected chi connectivity index (χ4v) is 4.23. The van der Waals surface area contributed by atoms with Crippen LogP contribution in [-0.4, -0.2) is 37.8 Å². The van der Waals surface area contributed by atoms with Crippen LogP contribution in [0.3, 0.4) is 0 Å². The molecule has 1 atom stereocenters. The van der Waals surface area contributed by atoms with Crippen molar-refractivity contribution in [1.29, 1.82) is 0 Å². The monoisotopic (exact) mass is 372 g/mol. The lowest BCUT2D eigenvalue weighted by Crippen LogP contribution is -2.48. The Morgan fingerprint density at radius 3 is 2.50 bits per heavy atom. The lowest BCUT2D eigenvalue weighted by Gasteiger charge is -2.25. The molecule has 1 unspecified atom stereocenters. The maximum atomic E-state index is 12.5. The first-order valence-corrected chi connectivity index (χ1v) is 9.80. The van der Waals surface area contributed by atoms with Gasteiger partial charge in [0.15, 0.2) is 9.84 Å². The number of carbonyl (C=O) groups is 2. The summed E-state index contributed by atoms with van der Waals surface area (Å²) in [7, 11) is -3.10. The van der Waals surface area contributed by atoms with E-state index >= 15 is 0 Å². The maximum Gasteiger partial charge on any atom is 0.239 e. The van der Waals surface area contributed by atoms with E-state index in [4.69, 9.17) is 11.6 Å². The third-order valence-corrected chi connectivity index (χ3v) is 6.15. The number of hydrogen-bond acceptors (Lipinski definition) is 4. The summed E-state index contributed by atoms with van der Waals surface area (Å²) in [6.07, 6.45) is 0.374. The van der Waals surface area contributed by atoms with Crippen LogP contribution in [-0.2, 0) is 19.4 Å². The van der Waals surface area contributed by atoms with E-state index in [1.165, 1.54) is 13.8 Å². The Morgan fingerprint density at radius 2 is 1.92 bits per heavy atom. The number of nitrogens with one attached hydrogen (secondary N) is 2. The minimum atomic E-state index is -3.10. The van der Waals surface area contributed by atoms with Gasteiger partial charge in [-0.25, -0.2) is 8.42 Å². The molecular formula is C16H21ClN2O4S. The second kappa shape index (κ2) is 6.72. The molecule has 0 aliphatic carbocycles. The molecule has 1 aromatic rings. The van der Waals surface area contributed by atoms with Crippen molar-refractivity contribution in [3.05, 3.63) is 28.8 Å². The van der Waals surface area contributed by atoms with E-state index in [1.807, 2.05) is 6.92 Å². The van der Waals surface area contributed by atoms with Crippen LogP contribution in [0, 0.1) is 12.3 Å². The predicted molar refractivity (Wildman–Crippen MR) is 93.8 cm³/mol. The standard InChI is InChI=1S/C16H21ClN2O4S/c1-10-4-5-11(17)8-13(10)19-15(21)16(2,3)14(20)18-12-6-7-24(22,23)9-12/h4-5,8,12H,6-7,9H2,1-3H3,(H,18,20)(H,19,21). The van der Waals surface area contributed by atoms with Gasteiger partial charge in [-0.05, 0) is 44.9 Å². The first-order valence-electron chi connectivity index (χ1n) is 7.60. The number of hydrogen-bond donors (Lipinski definition) is 2. The van der Waals surface area contributed by atoms with Gasteiger partial charge in [0.2, 0.25) is 11.8 Å². The summed E-state index contributed by atoms with van der Waals surface area (Å²) in [5.74, 6) is -0.996. The summed E-state index contributed by atoms with van der Waals surface area (Å²) < 4.78 is 22.9. The molecule has 132 valence electrons. The molecule has 2 N–H and O–H groups in total. The number of sulfone groups is 1. The number of aryl methyl sites for hydroxylation is 1. The van der Waals surface area contributed by atoms with Crippen LogP contribution < -0.4 is 10.6 Å². The highest BCUT2D eigenvalue weighted by Gasteiger charge is 2.39. The second-order valence-electron chi connectivity index (χ2n) is 6.61. The van der Waals surface area contributed by atoms with Crippen LogP contribution >= 0.6 is 11.6 Å². The molecule has 8 heteroatoms. The van der Waals surface area contributed by atoms with Crippen LogP contribution in [0.5, 0.6) is 0 Å². The number of anilines is 1. The van der Waals surface area contributed by atoms with Gasteiger partial charge in [0, 0.05) is 16.8 Å². The van der Waals surface area contributed by atoms with E-state index in [9.17, 15) is 18.0 Å². The quantitative estimate of drug-likeness (QED) is 0.790. The molecule has 6 nitrogen and oxygen atoms in total. The lowest BCUT2D eigenvalue weighted by atomic mass is 9.90. The summed E-state index contributed by atoms with van der Waals surface area (Å²) in [6.45, 7) is 4.82. The third-order valence-electron chi connectivity index (χ3n) is 4.15. The molecular weight excluding hydrogens is 352 g/mol. The van der Waals surface area contributed by atoms with Crippen molar-refractivity contribution in [3.8, 4) is 0 Å². The Balaban J connectivity index is 2.06. The minimum Gasteiger partial charge on any atom is -0.351 e. The smallest absolute Gasteiger partial charge is 0.239 e. The fourth-order valence-electron chi connectivity index (χ4n) is 2.39. The zero-order valence-corrected chi connectivity index (χ0v) is 15.4. The maximum absolute atomic E-state index is 12.5. The van der Waals surface area contributed by atoms with Crippen molar-refractivity contribution in [1.82, 2.24) is 5.32 Å². The topological polar surface area (TPSA) is 92.3 Å². The van der Waals surface area contributed by atoms with Crippen LogP contribution in [0.2, 0.25) is 5.02 Å². The van der Waals surface area contributed by atoms with Crippen molar-refractivity contribution in [2.45, 2.75) is 33.2 Å². The summed E-state index contributed by atoms with van der Waals surface area (Å²) in [5, 5.41) is 5.85. The molecule has 1 saturated heterocycles. The van der Waals surface area contributed by atoms with Gasteiger partial charge in [0.25, 0.3) is 0 Å². The molecule has 0 spiro atoms. The third kappa shape index (κ3) is 4.27. The fraction of sp³-hybridized carbons (Fsp3) is 0.500. The van der Waals surface area contributed by atoms with E-state index in [0.717, 1.165) is 5.56 Å². The molecule has 0 aromatic heterocycles. The average Bonchev–Trinajstić information content (AvgIpc) is 2.81. The number of benzene rings is 1. The second-order valence-corrected chi connectivity index (χ2v) is 9.28. The molecule has 0 radical (unpaired) electrons. The number of carbonyl (C=O) groups excluding carboxylic acids is 2. The van der Waals surface area contributed by atoms with Crippen molar-refractivity contribution in [3.63, 3.8) is 0 Å². The molecule has 1 heterocycles. The van der Waals surface area contributed by atoms with Gasteiger partial charge >= 0.3 is 0 Å². The Morgan fingerprint density at radius 1 is 1.25 bits per heavy atom. The van der Waals surface area contributed by atoms with Gasteiger partial charge in [-0.3, -0.25) is 9.59 Å². The molecule has 1 aliphatic heterocycles. The molecule has 1 fully saturated rings. The Hall–Kier alpha value is -1.60. The first kappa shape index (κ1) is 18.7. The highest BCUT2D eigenvalue weighted by atomic mass is 35.5. The van der Waals surface area contributed by atoms with Crippen molar-refractivity contribution < 1.29 is 18.0 Å². The molecule has 1 aliphatic rings. The average molecular weight is 373 g/mol. The zero-order chi connectivity index (χ0) is 18.1. The van der Waals surface area contributed by atoms with E-state index in [0.29, 0.717) is 17.1 Å². The summed E-state index contributed by atoms with van der Waals surface area (Å²) in [5.41, 5.74) is 0.0175. The Bertz CT molecular complexity index is 774. The summed E-state index contributed by atoms with van der Waals surface area (Å²) >= 11 is 5.93. The van der Waals surface area contributed by atoms with E-state index in [1.54, 1.807) is 18.2 Å². The molecule has 1 aromatic carbocycles. The number of amides is 2. The summed E-state index contributed by atoms with van der Waals surface area (Å²) in [4.78, 5) is 24.9. The van der Waals surface area contributed by atoms with Crippen LogP contribution in [0.15, 0.2) is 18.2 Å². The Kier molecular flexibility index (Phi) is 5.25. The highest BCUT2D eigenvalue weighted by Crippen LogP contribution is 2.24. The van der Waals surface area contributed by atoms with E-state index in [2.05, 4.69) is 10.6 Å². The van der Waals surface area contributed by atoms with E-state index < -0.39 is 33.1 Å². The van der Waals surface area contributed by atoms with Gasteiger partial charge in [-0.2, -0.15) is 0 Å². The Labute approximate surface area is 146 Å². The minimum absolute atomic E-state index is 0.0618. The predicted octanol–water partition coefficient (Wildman–Crippen LogP) is 1.92. The normalized spacial score (nSPS) is 19.8. The van der Waals surface area contributed by atoms with Gasteiger partial charge in [-0.15, -0.1) is 0 Å². The molecule has 24 heavy (non-hydrogen) atoms. The van der Waals surface area contributed by atoms with Gasteiger partial charge in [0.1, 0.15) is 5.41 Å². The molecule has 0 saturated carbocycles. The van der Waals surface area contributed by atoms with Gasteiger partial charge in [-0.1, -0.05) is 17.7 Å². The van der Waals surface area contributed by atoms with Crippen LogP contribution in [0.25, 0.3) is 0 Å². The number of rotatable bonds is 4. The van der Waals surface area contributed by atoms with Gasteiger partial charge in [0.05, 0.1) is 11.5 Å². The highest BCUT2D eigenvalue weighted by molar-refractivity contribution is 7.91. The molecule has 0 bridgehead atoms. The van der Waals surface area contributed by atoms with Crippen molar-refractivity contribution >= 4 is 38.9 Å². The van der Waals surface area contributed by atoms with Crippen molar-refractivity contribution in [2.24, 2.45) is 5.41 Å². The van der Waals surface area contributed by atoms with Crippen LogP contribution in [0.1, 0.15) is 25.8 Å². The largest absolute Gasteiger partial charge is 0.351 e. The van der Waals surface area contributed by atoms with Gasteiger partial charge < -0.3 is 10.6 Å². The lowest BCUT2D eigenvalue weighted by molar-refractivity contribution is -0.138. The SMILES string of the molecule is Cc1ccc(Cl)cc1NC(=O)C(C)(C)C(=O)NC1CCS(=O)(=O)C1. The van der Waals surface area contributed by atoms with Crippen molar-refractivity contribution in [2.75, 3.05) is 16.8 Å². The molecule has 2 rings (SSSR count). The summed E-state index contributed by atoms with van der Waals surface area (Å²) in [6, 6.07) is 4.66. The van der Waals surface area contributed by atoms with Crippen LogP contribution in [0.4, 0.5) is 5.69 Å². The molecule has 2 amide bonds. The zero-order valence-electron chi connectivity index (χ0n) is 13.8.